The van der Waals surface area contributed by atoms with Crippen molar-refractivity contribution in [3.63, 3.8) is 0 Å². The van der Waals surface area contributed by atoms with Gasteiger partial charge < -0.3 is 20.5 Å². The van der Waals surface area contributed by atoms with Gasteiger partial charge in [-0.3, -0.25) is 4.79 Å². The van der Waals surface area contributed by atoms with Crippen molar-refractivity contribution in [3.05, 3.63) is 17.7 Å². The Bertz CT molecular complexity index is 541. The Morgan fingerprint density at radius 1 is 1.29 bits per heavy atom. The molecule has 3 N–H and O–H groups in total. The molecular formula is C16H24N2O3. The first kappa shape index (κ1) is 15.5. The number of carbonyl (C=O) groups excluding carboxylic acids is 1. The molecular weight excluding hydrogens is 268 g/mol. The van der Waals surface area contributed by atoms with Gasteiger partial charge in [0.2, 0.25) is 0 Å². The van der Waals surface area contributed by atoms with Crippen LogP contribution in [-0.2, 0) is 0 Å². The lowest BCUT2D eigenvalue weighted by atomic mass is 9.92. The van der Waals surface area contributed by atoms with Gasteiger partial charge in [-0.15, -0.1) is 0 Å². The van der Waals surface area contributed by atoms with Gasteiger partial charge in [0.05, 0.1) is 19.8 Å². The third kappa shape index (κ3) is 3.40. The minimum Gasteiger partial charge on any atom is -0.493 e. The number of amides is 1. The predicted molar refractivity (Wildman–Crippen MR) is 82.8 cm³/mol. The molecule has 1 unspecified atom stereocenters. The molecule has 0 radical (unpaired) electrons. The summed E-state index contributed by atoms with van der Waals surface area (Å²) in [4.78, 5) is 12.4. The summed E-state index contributed by atoms with van der Waals surface area (Å²) in [5, 5.41) is 3.07. The highest BCUT2D eigenvalue weighted by Gasteiger charge is 2.32. The quantitative estimate of drug-likeness (QED) is 0.837. The molecule has 0 saturated heterocycles. The molecule has 1 aliphatic carbocycles. The molecule has 2 rings (SSSR count). The van der Waals surface area contributed by atoms with Gasteiger partial charge in [0.1, 0.15) is 0 Å². The normalized spacial score (nSPS) is 20.1. The molecule has 1 aromatic rings. The highest BCUT2D eigenvalue weighted by molar-refractivity contribution is 6.00. The number of methoxy groups -OCH3 is 2. The van der Waals surface area contributed by atoms with Crippen LogP contribution in [0.25, 0.3) is 0 Å². The van der Waals surface area contributed by atoms with Crippen LogP contribution in [0.3, 0.4) is 0 Å². The molecule has 0 aliphatic heterocycles. The molecule has 1 atom stereocenters. The van der Waals surface area contributed by atoms with Gasteiger partial charge in [0.15, 0.2) is 11.5 Å². The molecule has 1 amide bonds. The maximum absolute atomic E-state index is 12.4. The van der Waals surface area contributed by atoms with E-state index in [1.54, 1.807) is 12.1 Å². The standard InChI is InChI=1S/C16H24N2O3/c1-16(2)6-5-10(9-16)18-15(19)11-7-13(20-3)14(21-4)8-12(11)17/h7-8,10H,5-6,9,17H2,1-4H3,(H,18,19). The number of hydrogen-bond acceptors (Lipinski definition) is 4. The van der Waals surface area contributed by atoms with Crippen molar-refractivity contribution < 1.29 is 14.3 Å². The largest absolute Gasteiger partial charge is 0.493 e. The number of ether oxygens (including phenoxy) is 2. The minimum absolute atomic E-state index is 0.156. The number of nitrogens with one attached hydrogen (secondary N) is 1. The molecule has 0 aromatic heterocycles. The van der Waals surface area contributed by atoms with Crippen LogP contribution in [0.1, 0.15) is 43.5 Å². The lowest BCUT2D eigenvalue weighted by Gasteiger charge is -2.18. The van der Waals surface area contributed by atoms with Crippen molar-refractivity contribution in [2.75, 3.05) is 20.0 Å². The zero-order valence-corrected chi connectivity index (χ0v) is 13.2. The summed E-state index contributed by atoms with van der Waals surface area (Å²) in [5.41, 5.74) is 7.06. The number of rotatable bonds is 4. The number of benzene rings is 1. The Labute approximate surface area is 125 Å². The van der Waals surface area contributed by atoms with Crippen LogP contribution in [0.15, 0.2) is 12.1 Å². The molecule has 0 bridgehead atoms. The van der Waals surface area contributed by atoms with Crippen LogP contribution in [0, 0.1) is 5.41 Å². The molecule has 0 spiro atoms. The number of nitrogen functional groups attached to an aromatic ring is 1. The molecule has 0 heterocycles. The van der Waals surface area contributed by atoms with E-state index in [1.807, 2.05) is 0 Å². The molecule has 5 nitrogen and oxygen atoms in total. The van der Waals surface area contributed by atoms with Crippen molar-refractivity contribution in [1.29, 1.82) is 0 Å². The van der Waals surface area contributed by atoms with Crippen LogP contribution in [0.4, 0.5) is 5.69 Å². The number of hydrogen-bond donors (Lipinski definition) is 2. The summed E-state index contributed by atoms with van der Waals surface area (Å²) in [6.45, 7) is 4.45. The second kappa shape index (κ2) is 5.84. The Morgan fingerprint density at radius 3 is 2.43 bits per heavy atom. The summed E-state index contributed by atoms with van der Waals surface area (Å²) < 4.78 is 10.4. The smallest absolute Gasteiger partial charge is 0.253 e. The van der Waals surface area contributed by atoms with Crippen molar-refractivity contribution in [3.8, 4) is 11.5 Å². The van der Waals surface area contributed by atoms with Crippen molar-refractivity contribution in [2.24, 2.45) is 5.41 Å². The summed E-state index contributed by atoms with van der Waals surface area (Å²) in [7, 11) is 3.08. The van der Waals surface area contributed by atoms with Gasteiger partial charge in [-0.2, -0.15) is 0 Å². The Hall–Kier alpha value is -1.91. The fraction of sp³-hybridized carbons (Fsp3) is 0.562. The first-order valence-electron chi connectivity index (χ1n) is 7.18. The van der Waals surface area contributed by atoms with Crippen molar-refractivity contribution in [1.82, 2.24) is 5.32 Å². The SMILES string of the molecule is COc1cc(N)c(C(=O)NC2CCC(C)(C)C2)cc1OC. The van der Waals surface area contributed by atoms with E-state index < -0.39 is 0 Å². The van der Waals surface area contributed by atoms with E-state index in [9.17, 15) is 4.79 Å². The minimum atomic E-state index is -0.156. The Kier molecular flexibility index (Phi) is 4.30. The molecule has 1 aliphatic rings. The summed E-state index contributed by atoms with van der Waals surface area (Å²) in [5.74, 6) is 0.869. The maximum atomic E-state index is 12.4. The van der Waals surface area contributed by atoms with Crippen molar-refractivity contribution >= 4 is 11.6 Å². The monoisotopic (exact) mass is 292 g/mol. The third-order valence-electron chi connectivity index (χ3n) is 4.10. The molecule has 1 aromatic carbocycles. The highest BCUT2D eigenvalue weighted by atomic mass is 16.5. The third-order valence-corrected chi connectivity index (χ3v) is 4.10. The van der Waals surface area contributed by atoms with Crippen LogP contribution >= 0.6 is 0 Å². The summed E-state index contributed by atoms with van der Waals surface area (Å²) in [6, 6.07) is 3.45. The van der Waals surface area contributed by atoms with Crippen LogP contribution in [-0.4, -0.2) is 26.2 Å². The van der Waals surface area contributed by atoms with E-state index >= 15 is 0 Å². The first-order chi connectivity index (χ1) is 9.86. The summed E-state index contributed by atoms with van der Waals surface area (Å²) in [6.07, 6.45) is 3.12. The average Bonchev–Trinajstić information content (AvgIpc) is 2.77. The Balaban J connectivity index is 2.16. The average molecular weight is 292 g/mol. The molecule has 116 valence electrons. The van der Waals surface area contributed by atoms with Crippen LogP contribution < -0.4 is 20.5 Å². The second-order valence-electron chi connectivity index (χ2n) is 6.37. The van der Waals surface area contributed by atoms with E-state index in [-0.39, 0.29) is 11.9 Å². The van der Waals surface area contributed by atoms with Gasteiger partial charge in [-0.05, 0) is 30.7 Å². The highest BCUT2D eigenvalue weighted by Crippen LogP contribution is 2.37. The van der Waals surface area contributed by atoms with Crippen LogP contribution in [0.2, 0.25) is 0 Å². The maximum Gasteiger partial charge on any atom is 0.253 e. The van der Waals surface area contributed by atoms with E-state index in [4.69, 9.17) is 15.2 Å². The van der Waals surface area contributed by atoms with Crippen molar-refractivity contribution in [2.45, 2.75) is 39.2 Å². The summed E-state index contributed by atoms with van der Waals surface area (Å²) >= 11 is 0. The van der Waals surface area contributed by atoms with Gasteiger partial charge in [-0.25, -0.2) is 0 Å². The lowest BCUT2D eigenvalue weighted by Crippen LogP contribution is -2.34. The van der Waals surface area contributed by atoms with Gasteiger partial charge in [0, 0.05) is 17.8 Å². The predicted octanol–water partition coefficient (Wildman–Crippen LogP) is 2.59. The lowest BCUT2D eigenvalue weighted by molar-refractivity contribution is 0.0936. The van der Waals surface area contributed by atoms with Gasteiger partial charge >= 0.3 is 0 Å². The van der Waals surface area contributed by atoms with E-state index in [1.165, 1.54) is 14.2 Å². The molecule has 21 heavy (non-hydrogen) atoms. The van der Waals surface area contributed by atoms with Gasteiger partial charge in [0.25, 0.3) is 5.91 Å². The van der Waals surface area contributed by atoms with E-state index in [2.05, 4.69) is 19.2 Å². The second-order valence-corrected chi connectivity index (χ2v) is 6.37. The number of anilines is 1. The van der Waals surface area contributed by atoms with E-state index in [0.29, 0.717) is 28.2 Å². The van der Waals surface area contributed by atoms with Crippen LogP contribution in [0.5, 0.6) is 11.5 Å². The fourth-order valence-corrected chi connectivity index (χ4v) is 2.91. The molecule has 1 saturated carbocycles. The fourth-order valence-electron chi connectivity index (χ4n) is 2.91. The topological polar surface area (TPSA) is 73.6 Å². The van der Waals surface area contributed by atoms with E-state index in [0.717, 1.165) is 19.3 Å². The molecule has 5 heteroatoms. The van der Waals surface area contributed by atoms with Gasteiger partial charge in [-0.1, -0.05) is 13.8 Å². The number of nitrogens with two attached hydrogens (primary N) is 1. The Morgan fingerprint density at radius 2 is 1.90 bits per heavy atom. The first-order valence-corrected chi connectivity index (χ1v) is 7.18. The zero-order valence-electron chi connectivity index (χ0n) is 13.2. The molecule has 1 fully saturated rings. The number of carbonyl (C=O) groups is 1. The zero-order chi connectivity index (χ0) is 15.6.